The molecule has 3 heteroatoms. The second-order valence-electron chi connectivity index (χ2n) is 4.97. The zero-order chi connectivity index (χ0) is 12.1. The Morgan fingerprint density at radius 1 is 1.12 bits per heavy atom. The monoisotopic (exact) mass is 233 g/mol. The summed E-state index contributed by atoms with van der Waals surface area (Å²) in [6.07, 6.45) is 1.25. The van der Waals surface area contributed by atoms with E-state index in [9.17, 15) is 0 Å². The van der Waals surface area contributed by atoms with Gasteiger partial charge >= 0.3 is 0 Å². The smallest absolute Gasteiger partial charge is 0.0424 e. The van der Waals surface area contributed by atoms with Gasteiger partial charge < -0.3 is 15.5 Å². The summed E-state index contributed by atoms with van der Waals surface area (Å²) in [5, 5.41) is 0. The Hall–Kier alpha value is -0.900. The van der Waals surface area contributed by atoms with Crippen molar-refractivity contribution in [3.05, 3.63) is 35.9 Å². The molecule has 0 radical (unpaired) electrons. The fraction of sp³-hybridized carbons (Fsp3) is 0.571. The number of benzene rings is 1. The van der Waals surface area contributed by atoms with Gasteiger partial charge in [0.25, 0.3) is 0 Å². The fourth-order valence-corrected chi connectivity index (χ4v) is 2.37. The second kappa shape index (κ2) is 6.15. The SMILES string of the molecule is CN1CCCN(CC(N)c2ccccc2)CC1. The first-order valence-electron chi connectivity index (χ1n) is 6.47. The molecule has 1 heterocycles. The van der Waals surface area contributed by atoms with Crippen LogP contribution in [0.15, 0.2) is 30.3 Å². The first-order chi connectivity index (χ1) is 8.25. The van der Waals surface area contributed by atoms with E-state index in [0.717, 1.165) is 19.6 Å². The Bertz CT molecular complexity index is 325. The van der Waals surface area contributed by atoms with Crippen LogP contribution in [-0.4, -0.2) is 49.6 Å². The average Bonchev–Trinajstić information content (AvgIpc) is 2.56. The standard InChI is InChI=1S/C14H23N3/c1-16-8-5-9-17(11-10-16)12-14(15)13-6-3-2-4-7-13/h2-4,6-7,14H,5,8-12,15H2,1H3. The molecule has 1 aliphatic heterocycles. The molecule has 0 aliphatic carbocycles. The molecule has 1 fully saturated rings. The molecular weight excluding hydrogens is 210 g/mol. The Kier molecular flexibility index (Phi) is 4.54. The maximum atomic E-state index is 6.26. The topological polar surface area (TPSA) is 32.5 Å². The van der Waals surface area contributed by atoms with Crippen LogP contribution in [0.3, 0.4) is 0 Å². The molecule has 2 N–H and O–H groups in total. The highest BCUT2D eigenvalue weighted by Crippen LogP contribution is 2.12. The van der Waals surface area contributed by atoms with E-state index in [-0.39, 0.29) is 6.04 Å². The third-order valence-electron chi connectivity index (χ3n) is 3.49. The maximum absolute atomic E-state index is 6.26. The van der Waals surface area contributed by atoms with E-state index >= 15 is 0 Å². The van der Waals surface area contributed by atoms with Crippen LogP contribution >= 0.6 is 0 Å². The minimum absolute atomic E-state index is 0.139. The number of nitrogens with two attached hydrogens (primary N) is 1. The van der Waals surface area contributed by atoms with Gasteiger partial charge in [0.1, 0.15) is 0 Å². The van der Waals surface area contributed by atoms with Crippen molar-refractivity contribution in [2.45, 2.75) is 12.5 Å². The molecule has 1 unspecified atom stereocenters. The molecule has 0 spiro atoms. The van der Waals surface area contributed by atoms with Crippen LogP contribution < -0.4 is 5.73 Å². The molecular formula is C14H23N3. The molecule has 17 heavy (non-hydrogen) atoms. The molecule has 1 aliphatic rings. The van der Waals surface area contributed by atoms with Crippen molar-refractivity contribution in [2.24, 2.45) is 5.73 Å². The lowest BCUT2D eigenvalue weighted by atomic mass is 10.1. The molecule has 2 rings (SSSR count). The van der Waals surface area contributed by atoms with Crippen LogP contribution in [0.4, 0.5) is 0 Å². The van der Waals surface area contributed by atoms with Gasteiger partial charge in [-0.2, -0.15) is 0 Å². The van der Waals surface area contributed by atoms with Gasteiger partial charge in [0.2, 0.25) is 0 Å². The first-order valence-corrected chi connectivity index (χ1v) is 6.47. The van der Waals surface area contributed by atoms with E-state index in [0.29, 0.717) is 0 Å². The molecule has 0 bridgehead atoms. The highest BCUT2D eigenvalue weighted by Gasteiger charge is 2.15. The minimum atomic E-state index is 0.139. The first kappa shape index (κ1) is 12.6. The van der Waals surface area contributed by atoms with Crippen molar-refractivity contribution >= 4 is 0 Å². The van der Waals surface area contributed by atoms with E-state index < -0.39 is 0 Å². The summed E-state index contributed by atoms with van der Waals surface area (Å²) in [4.78, 5) is 4.88. The predicted molar refractivity (Wildman–Crippen MR) is 71.9 cm³/mol. The summed E-state index contributed by atoms with van der Waals surface area (Å²) in [6, 6.07) is 10.5. The van der Waals surface area contributed by atoms with Gasteiger partial charge in [-0.05, 0) is 32.1 Å². The van der Waals surface area contributed by atoms with Crippen LogP contribution in [0.2, 0.25) is 0 Å². The van der Waals surface area contributed by atoms with Gasteiger partial charge in [0, 0.05) is 25.7 Å². The van der Waals surface area contributed by atoms with Crippen molar-refractivity contribution in [1.82, 2.24) is 9.80 Å². The highest BCUT2D eigenvalue weighted by atomic mass is 15.2. The number of likely N-dealkylation sites (N-methyl/N-ethyl adjacent to an activating group) is 1. The van der Waals surface area contributed by atoms with Crippen molar-refractivity contribution in [3.63, 3.8) is 0 Å². The molecule has 0 saturated carbocycles. The molecule has 1 aromatic rings. The van der Waals surface area contributed by atoms with Gasteiger partial charge in [-0.15, -0.1) is 0 Å². The summed E-state index contributed by atoms with van der Waals surface area (Å²) in [5.74, 6) is 0. The van der Waals surface area contributed by atoms with E-state index in [1.54, 1.807) is 0 Å². The van der Waals surface area contributed by atoms with E-state index in [1.807, 2.05) is 6.07 Å². The lowest BCUT2D eigenvalue weighted by Crippen LogP contribution is -2.35. The lowest BCUT2D eigenvalue weighted by Gasteiger charge is -2.24. The largest absolute Gasteiger partial charge is 0.323 e. The van der Waals surface area contributed by atoms with Crippen molar-refractivity contribution < 1.29 is 0 Å². The van der Waals surface area contributed by atoms with E-state index in [2.05, 4.69) is 41.1 Å². The van der Waals surface area contributed by atoms with Crippen molar-refractivity contribution in [3.8, 4) is 0 Å². The van der Waals surface area contributed by atoms with Crippen LogP contribution in [0.5, 0.6) is 0 Å². The third kappa shape index (κ3) is 3.80. The van der Waals surface area contributed by atoms with Crippen LogP contribution in [0, 0.1) is 0 Å². The summed E-state index contributed by atoms with van der Waals surface area (Å²) >= 11 is 0. The van der Waals surface area contributed by atoms with Gasteiger partial charge in [0.15, 0.2) is 0 Å². The van der Waals surface area contributed by atoms with Crippen LogP contribution in [0.25, 0.3) is 0 Å². The van der Waals surface area contributed by atoms with Crippen molar-refractivity contribution in [1.29, 1.82) is 0 Å². The number of hydrogen-bond acceptors (Lipinski definition) is 3. The van der Waals surface area contributed by atoms with Gasteiger partial charge in [0.05, 0.1) is 0 Å². The maximum Gasteiger partial charge on any atom is 0.0424 e. The Morgan fingerprint density at radius 2 is 1.88 bits per heavy atom. The normalized spacial score (nSPS) is 21.1. The van der Waals surface area contributed by atoms with E-state index in [1.165, 1.54) is 25.1 Å². The van der Waals surface area contributed by atoms with Gasteiger partial charge in [-0.1, -0.05) is 30.3 Å². The summed E-state index contributed by atoms with van der Waals surface area (Å²) in [5.41, 5.74) is 7.50. The summed E-state index contributed by atoms with van der Waals surface area (Å²) < 4.78 is 0. The number of hydrogen-bond donors (Lipinski definition) is 1. The second-order valence-corrected chi connectivity index (χ2v) is 4.97. The third-order valence-corrected chi connectivity index (χ3v) is 3.49. The highest BCUT2D eigenvalue weighted by molar-refractivity contribution is 5.18. The zero-order valence-electron chi connectivity index (χ0n) is 10.7. The van der Waals surface area contributed by atoms with E-state index in [4.69, 9.17) is 5.73 Å². The Labute approximate surface area is 104 Å². The lowest BCUT2D eigenvalue weighted by molar-refractivity contribution is 0.262. The molecule has 94 valence electrons. The van der Waals surface area contributed by atoms with Gasteiger partial charge in [-0.25, -0.2) is 0 Å². The van der Waals surface area contributed by atoms with Gasteiger partial charge in [-0.3, -0.25) is 0 Å². The molecule has 0 amide bonds. The minimum Gasteiger partial charge on any atom is -0.323 e. The van der Waals surface area contributed by atoms with Crippen molar-refractivity contribution in [2.75, 3.05) is 39.8 Å². The molecule has 1 atom stereocenters. The molecule has 1 aromatic carbocycles. The van der Waals surface area contributed by atoms with Crippen LogP contribution in [0.1, 0.15) is 18.0 Å². The quantitative estimate of drug-likeness (QED) is 0.855. The average molecular weight is 233 g/mol. The predicted octanol–water partition coefficient (Wildman–Crippen LogP) is 1.32. The fourth-order valence-electron chi connectivity index (χ4n) is 2.37. The summed E-state index contributed by atoms with van der Waals surface area (Å²) in [6.45, 7) is 5.64. The molecule has 1 saturated heterocycles. The summed E-state index contributed by atoms with van der Waals surface area (Å²) in [7, 11) is 2.20. The Morgan fingerprint density at radius 3 is 2.65 bits per heavy atom. The Balaban J connectivity index is 1.88. The number of nitrogens with zero attached hydrogens (tertiary/aromatic N) is 2. The van der Waals surface area contributed by atoms with Crippen LogP contribution in [-0.2, 0) is 0 Å². The zero-order valence-corrected chi connectivity index (χ0v) is 10.7. The molecule has 3 nitrogen and oxygen atoms in total. The molecule has 0 aromatic heterocycles. The number of rotatable bonds is 3.